The van der Waals surface area contributed by atoms with E-state index < -0.39 is 29.1 Å². The van der Waals surface area contributed by atoms with Crippen LogP contribution in [-0.4, -0.2) is 60.8 Å². The molecule has 2 amide bonds. The second kappa shape index (κ2) is 9.76. The van der Waals surface area contributed by atoms with Gasteiger partial charge in [0.2, 0.25) is 16.5 Å². The van der Waals surface area contributed by atoms with Crippen molar-refractivity contribution in [2.24, 2.45) is 0 Å². The van der Waals surface area contributed by atoms with Gasteiger partial charge in [-0.3, -0.25) is 23.5 Å². The Balaban J connectivity index is 1.46. The van der Waals surface area contributed by atoms with E-state index in [2.05, 4.69) is 15.5 Å². The van der Waals surface area contributed by atoms with E-state index in [-0.39, 0.29) is 29.2 Å². The molecular formula is C23H29FN6O4S. The Morgan fingerprint density at radius 3 is 2.83 bits per heavy atom. The van der Waals surface area contributed by atoms with E-state index in [1.165, 1.54) is 27.7 Å². The number of H-pyrrole nitrogens is 1. The van der Waals surface area contributed by atoms with Crippen molar-refractivity contribution in [3.05, 3.63) is 39.1 Å². The van der Waals surface area contributed by atoms with Gasteiger partial charge in [-0.2, -0.15) is 0 Å². The number of amides is 2. The summed E-state index contributed by atoms with van der Waals surface area (Å²) in [6, 6.07) is 3.34. The van der Waals surface area contributed by atoms with E-state index >= 15 is 0 Å². The van der Waals surface area contributed by atoms with Crippen LogP contribution in [0.1, 0.15) is 46.5 Å². The predicted octanol–water partition coefficient (Wildman–Crippen LogP) is 3.14. The first kappa shape index (κ1) is 24.8. The minimum atomic E-state index is -0.647. The highest BCUT2D eigenvalue weighted by Crippen LogP contribution is 2.21. The number of ether oxygens (including phenoxy) is 1. The number of hydrogen-bond acceptors (Lipinski definition) is 6. The third-order valence-electron chi connectivity index (χ3n) is 5.86. The van der Waals surface area contributed by atoms with Gasteiger partial charge in [0.1, 0.15) is 17.5 Å². The molecule has 3 heterocycles. The van der Waals surface area contributed by atoms with E-state index in [1.54, 1.807) is 25.2 Å². The molecule has 10 nitrogen and oxygen atoms in total. The fraction of sp³-hybridized carbons (Fsp3) is 0.522. The number of fused-ring (bicyclic) bond motifs is 3. The van der Waals surface area contributed by atoms with Gasteiger partial charge in [-0.25, -0.2) is 14.3 Å². The second-order valence-electron chi connectivity index (χ2n) is 9.61. The lowest BCUT2D eigenvalue weighted by Gasteiger charge is -2.35. The van der Waals surface area contributed by atoms with E-state index in [9.17, 15) is 18.8 Å². The lowest BCUT2D eigenvalue weighted by molar-refractivity contribution is -0.127. The maximum atomic E-state index is 13.8. The fourth-order valence-corrected chi connectivity index (χ4v) is 4.53. The summed E-state index contributed by atoms with van der Waals surface area (Å²) in [5.74, 6) is -0.464. The largest absolute Gasteiger partial charge is 0.444 e. The monoisotopic (exact) mass is 504 g/mol. The van der Waals surface area contributed by atoms with Gasteiger partial charge in [-0.15, -0.1) is 5.10 Å². The van der Waals surface area contributed by atoms with Crippen molar-refractivity contribution in [3.8, 4) is 0 Å². The highest BCUT2D eigenvalue weighted by Gasteiger charge is 2.34. The SMILES string of the molecule is CC(C)(C)OC(=O)N1CCCCC1C(=O)NCCCn1c(=O)c2cc(F)ccc2n2c(=S)[nH]nc12. The first-order valence-electron chi connectivity index (χ1n) is 11.6. The quantitative estimate of drug-likeness (QED) is 0.408. The molecule has 3 aromatic rings. The number of nitrogens with zero attached hydrogens (tertiary/aromatic N) is 4. The number of likely N-dealkylation sites (tertiary alicyclic amines) is 1. The topological polar surface area (TPSA) is 114 Å². The van der Waals surface area contributed by atoms with Gasteiger partial charge in [0.05, 0.1) is 10.9 Å². The van der Waals surface area contributed by atoms with Crippen LogP contribution in [0.4, 0.5) is 9.18 Å². The molecule has 2 aromatic heterocycles. The molecule has 188 valence electrons. The van der Waals surface area contributed by atoms with Crippen LogP contribution < -0.4 is 10.9 Å². The summed E-state index contributed by atoms with van der Waals surface area (Å²) in [4.78, 5) is 40.0. The summed E-state index contributed by atoms with van der Waals surface area (Å²) in [5.41, 5.74) is -0.573. The molecule has 0 spiro atoms. The maximum absolute atomic E-state index is 13.8. The van der Waals surface area contributed by atoms with Crippen LogP contribution in [0.25, 0.3) is 16.7 Å². The Labute approximate surface area is 206 Å². The average molecular weight is 505 g/mol. The number of halogens is 1. The van der Waals surface area contributed by atoms with Crippen molar-refractivity contribution >= 4 is 40.9 Å². The summed E-state index contributed by atoms with van der Waals surface area (Å²) in [6.45, 7) is 6.34. The number of piperidine rings is 1. The molecule has 0 radical (unpaired) electrons. The molecule has 1 aliphatic heterocycles. The van der Waals surface area contributed by atoms with Crippen LogP contribution in [0.15, 0.2) is 23.0 Å². The summed E-state index contributed by atoms with van der Waals surface area (Å²) < 4.78 is 22.6. The van der Waals surface area contributed by atoms with E-state index in [0.29, 0.717) is 30.7 Å². The Bertz CT molecular complexity index is 1390. The normalized spacial score (nSPS) is 16.6. The number of hydrogen-bond donors (Lipinski definition) is 2. The van der Waals surface area contributed by atoms with Crippen LogP contribution >= 0.6 is 12.2 Å². The number of aryl methyl sites for hydroxylation is 1. The standard InChI is InChI=1S/C23H29FN6O4S/c1-23(2,3)34-22(33)28-11-5-4-7-17(28)18(31)25-10-6-12-29-19(32)15-13-14(24)8-9-16(15)30-20(29)26-27-21(30)35/h8-9,13,17H,4-7,10-12H2,1-3H3,(H,25,31)(H,27,35). The number of carbonyl (C=O) groups excluding carboxylic acids is 2. The number of rotatable bonds is 5. The summed E-state index contributed by atoms with van der Waals surface area (Å²) in [6.07, 6.45) is 2.15. The number of aromatic amines is 1. The molecule has 0 saturated carbocycles. The second-order valence-corrected chi connectivity index (χ2v) is 10.00. The van der Waals surface area contributed by atoms with Gasteiger partial charge in [0.15, 0.2) is 0 Å². The number of carbonyl (C=O) groups is 2. The van der Waals surface area contributed by atoms with E-state index in [4.69, 9.17) is 17.0 Å². The highest BCUT2D eigenvalue weighted by atomic mass is 32.1. The van der Waals surface area contributed by atoms with Crippen LogP contribution in [-0.2, 0) is 16.1 Å². The first-order chi connectivity index (χ1) is 16.6. The molecule has 1 atom stereocenters. The molecular weight excluding hydrogens is 475 g/mol. The van der Waals surface area contributed by atoms with E-state index in [0.717, 1.165) is 12.8 Å². The molecule has 0 bridgehead atoms. The van der Waals surface area contributed by atoms with Crippen LogP contribution in [0, 0.1) is 10.6 Å². The molecule has 1 unspecified atom stereocenters. The molecule has 1 fully saturated rings. The Morgan fingerprint density at radius 2 is 2.09 bits per heavy atom. The van der Waals surface area contributed by atoms with E-state index in [1.807, 2.05) is 0 Å². The van der Waals surface area contributed by atoms with Crippen molar-refractivity contribution in [1.82, 2.24) is 29.4 Å². The zero-order chi connectivity index (χ0) is 25.3. The van der Waals surface area contributed by atoms with Gasteiger partial charge < -0.3 is 10.1 Å². The molecule has 1 aliphatic rings. The third kappa shape index (κ3) is 5.21. The minimum Gasteiger partial charge on any atom is -0.444 e. The van der Waals surface area contributed by atoms with Gasteiger partial charge in [0, 0.05) is 19.6 Å². The van der Waals surface area contributed by atoms with Crippen molar-refractivity contribution in [2.75, 3.05) is 13.1 Å². The minimum absolute atomic E-state index is 0.189. The molecule has 1 aromatic carbocycles. The van der Waals surface area contributed by atoms with Crippen molar-refractivity contribution in [3.63, 3.8) is 0 Å². The fourth-order valence-electron chi connectivity index (χ4n) is 4.31. The zero-order valence-electron chi connectivity index (χ0n) is 20.0. The van der Waals surface area contributed by atoms with Crippen LogP contribution in [0.2, 0.25) is 0 Å². The van der Waals surface area contributed by atoms with Crippen LogP contribution in [0.5, 0.6) is 0 Å². The lowest BCUT2D eigenvalue weighted by atomic mass is 10.0. The summed E-state index contributed by atoms with van der Waals surface area (Å²) in [5, 5.41) is 9.90. The average Bonchev–Trinajstić information content (AvgIpc) is 3.18. The Hall–Kier alpha value is -3.28. The number of aromatic nitrogens is 4. The molecule has 1 saturated heterocycles. The predicted molar refractivity (Wildman–Crippen MR) is 130 cm³/mol. The Kier molecular flexibility index (Phi) is 6.93. The summed E-state index contributed by atoms with van der Waals surface area (Å²) >= 11 is 5.29. The van der Waals surface area contributed by atoms with Gasteiger partial charge in [0.25, 0.3) is 5.56 Å². The summed E-state index contributed by atoms with van der Waals surface area (Å²) in [7, 11) is 0. The third-order valence-corrected chi connectivity index (χ3v) is 6.14. The molecule has 12 heteroatoms. The van der Waals surface area contributed by atoms with Crippen molar-refractivity contribution < 1.29 is 18.7 Å². The van der Waals surface area contributed by atoms with Gasteiger partial charge in [-0.05, 0) is 76.9 Å². The van der Waals surface area contributed by atoms with Crippen molar-refractivity contribution in [1.29, 1.82) is 0 Å². The van der Waals surface area contributed by atoms with Crippen LogP contribution in [0.3, 0.4) is 0 Å². The lowest BCUT2D eigenvalue weighted by Crippen LogP contribution is -2.53. The zero-order valence-corrected chi connectivity index (χ0v) is 20.8. The Morgan fingerprint density at radius 1 is 1.31 bits per heavy atom. The number of benzene rings is 1. The van der Waals surface area contributed by atoms with Crippen molar-refractivity contribution in [2.45, 2.75) is 64.6 Å². The number of nitrogens with one attached hydrogen (secondary N) is 2. The first-order valence-corrected chi connectivity index (χ1v) is 12.0. The maximum Gasteiger partial charge on any atom is 0.410 e. The molecule has 0 aliphatic carbocycles. The molecule has 35 heavy (non-hydrogen) atoms. The van der Waals surface area contributed by atoms with Gasteiger partial charge >= 0.3 is 6.09 Å². The smallest absolute Gasteiger partial charge is 0.410 e. The highest BCUT2D eigenvalue weighted by molar-refractivity contribution is 7.71. The molecule has 4 rings (SSSR count). The molecule has 2 N–H and O–H groups in total. The van der Waals surface area contributed by atoms with Gasteiger partial charge in [-0.1, -0.05) is 0 Å².